The van der Waals surface area contributed by atoms with E-state index in [2.05, 4.69) is 5.32 Å². The van der Waals surface area contributed by atoms with Gasteiger partial charge in [0.05, 0.1) is 33.6 Å². The molecule has 3 aliphatic rings. The highest BCUT2D eigenvalue weighted by Crippen LogP contribution is 2.52. The number of benzene rings is 1. The number of amides is 1. The van der Waals surface area contributed by atoms with Gasteiger partial charge in [0, 0.05) is 28.7 Å². The largest absolute Gasteiger partial charge is 0.462 e. The van der Waals surface area contributed by atoms with Crippen molar-refractivity contribution in [3.8, 4) is 0 Å². The number of rotatable bonds is 7. The molecular weight excluding hydrogens is 530 g/mol. The quantitative estimate of drug-likeness (QED) is 0.422. The first kappa shape index (κ1) is 31.9. The second-order valence-corrected chi connectivity index (χ2v) is 14.8. The van der Waals surface area contributed by atoms with E-state index in [0.29, 0.717) is 10.6 Å². The smallest absolute Gasteiger partial charge is 0.403 e. The van der Waals surface area contributed by atoms with Gasteiger partial charge in [-0.2, -0.15) is 0 Å². The van der Waals surface area contributed by atoms with E-state index in [0.717, 1.165) is 0 Å². The maximum absolute atomic E-state index is 13.2. The maximum Gasteiger partial charge on any atom is 0.462 e. The molecular formula is C28H45B3ClNO7. The van der Waals surface area contributed by atoms with E-state index in [9.17, 15) is 4.79 Å². The van der Waals surface area contributed by atoms with Gasteiger partial charge in [-0.25, -0.2) is 0 Å². The number of hydrogen-bond acceptors (Lipinski definition) is 7. The van der Waals surface area contributed by atoms with E-state index in [1.807, 2.05) is 83.1 Å². The van der Waals surface area contributed by atoms with E-state index in [1.54, 1.807) is 24.3 Å². The van der Waals surface area contributed by atoms with Gasteiger partial charge < -0.3 is 33.2 Å². The molecule has 3 aliphatic heterocycles. The van der Waals surface area contributed by atoms with Crippen molar-refractivity contribution in [3.05, 3.63) is 34.9 Å². The third-order valence-corrected chi connectivity index (χ3v) is 10.1. The molecule has 0 saturated carbocycles. The predicted molar refractivity (Wildman–Crippen MR) is 160 cm³/mol. The summed E-state index contributed by atoms with van der Waals surface area (Å²) in [5.74, 6) is -0.693. The molecule has 8 nitrogen and oxygen atoms in total. The fraction of sp³-hybridized carbons (Fsp3) is 0.750. The fourth-order valence-corrected chi connectivity index (χ4v) is 5.14. The van der Waals surface area contributed by atoms with Crippen LogP contribution >= 0.6 is 11.6 Å². The number of halogens is 1. The molecule has 0 aliphatic carbocycles. The number of hydrogen-bond donors (Lipinski definition) is 1. The van der Waals surface area contributed by atoms with Gasteiger partial charge in [-0.1, -0.05) is 11.6 Å². The van der Waals surface area contributed by atoms with Crippen molar-refractivity contribution in [2.75, 3.05) is 6.54 Å². The third-order valence-electron chi connectivity index (χ3n) is 9.89. The Hall–Kier alpha value is -1.07. The van der Waals surface area contributed by atoms with E-state index in [1.165, 1.54) is 0 Å². The second-order valence-electron chi connectivity index (χ2n) is 14.3. The van der Waals surface area contributed by atoms with Crippen LogP contribution in [0.2, 0.25) is 16.6 Å². The van der Waals surface area contributed by atoms with Crippen LogP contribution in [0.4, 0.5) is 0 Å². The molecule has 0 spiro atoms. The van der Waals surface area contributed by atoms with Crippen molar-refractivity contribution in [1.82, 2.24) is 5.32 Å². The van der Waals surface area contributed by atoms with E-state index >= 15 is 0 Å². The van der Waals surface area contributed by atoms with Crippen molar-refractivity contribution in [1.29, 1.82) is 0 Å². The van der Waals surface area contributed by atoms with Gasteiger partial charge in [0.1, 0.15) is 0 Å². The lowest BCUT2D eigenvalue weighted by molar-refractivity contribution is 0.00578. The van der Waals surface area contributed by atoms with Crippen LogP contribution in [0.3, 0.4) is 0 Å². The molecule has 0 aromatic heterocycles. The normalized spacial score (nSPS) is 26.4. The van der Waals surface area contributed by atoms with Crippen molar-refractivity contribution in [2.45, 2.75) is 128 Å². The van der Waals surface area contributed by atoms with Gasteiger partial charge in [-0.05, 0) is 107 Å². The molecule has 1 atom stereocenters. The first-order valence-corrected chi connectivity index (χ1v) is 14.6. The zero-order valence-corrected chi connectivity index (χ0v) is 26.9. The summed E-state index contributed by atoms with van der Waals surface area (Å²) >= 11 is 6.04. The minimum Gasteiger partial charge on any atom is -0.403 e. The van der Waals surface area contributed by atoms with Gasteiger partial charge in [0.25, 0.3) is 5.91 Å². The highest BCUT2D eigenvalue weighted by Gasteiger charge is 2.67. The Balaban J connectivity index is 1.73. The lowest BCUT2D eigenvalue weighted by atomic mass is 9.40. The Morgan fingerprint density at radius 3 is 1.32 bits per heavy atom. The first-order chi connectivity index (χ1) is 18.1. The van der Waals surface area contributed by atoms with Gasteiger partial charge in [-0.15, -0.1) is 0 Å². The van der Waals surface area contributed by atoms with Gasteiger partial charge >= 0.3 is 21.4 Å². The molecule has 1 aromatic rings. The van der Waals surface area contributed by atoms with Gasteiger partial charge in [0.2, 0.25) is 0 Å². The fourth-order valence-electron chi connectivity index (χ4n) is 5.01. The third kappa shape index (κ3) is 5.77. The minimum atomic E-state index is -0.712. The van der Waals surface area contributed by atoms with Crippen LogP contribution in [-0.2, 0) is 27.9 Å². The summed E-state index contributed by atoms with van der Waals surface area (Å²) < 4.78 is 39.6. The SMILES string of the molecule is CC1(C)OB(C(CNC(=O)c2ccc(Cl)cc2)C(B2OC(C)(C)C(C)(C)O2)B2OC(C)(C)C(C)(C)O2)OC1(C)C. The van der Waals surface area contributed by atoms with Crippen LogP contribution in [0.25, 0.3) is 0 Å². The molecule has 0 radical (unpaired) electrons. The van der Waals surface area contributed by atoms with Gasteiger partial charge in [-0.3, -0.25) is 4.79 Å². The zero-order chi connectivity index (χ0) is 30.1. The summed E-state index contributed by atoms with van der Waals surface area (Å²) in [5.41, 5.74) is -3.56. The van der Waals surface area contributed by atoms with Crippen LogP contribution < -0.4 is 5.32 Å². The van der Waals surface area contributed by atoms with Crippen LogP contribution in [0.5, 0.6) is 0 Å². The second kappa shape index (κ2) is 10.3. The van der Waals surface area contributed by atoms with Crippen molar-refractivity contribution >= 4 is 38.9 Å². The number of nitrogens with one attached hydrogen (secondary N) is 1. The predicted octanol–water partition coefficient (Wildman–Crippen LogP) is 5.63. The van der Waals surface area contributed by atoms with E-state index in [4.69, 9.17) is 39.5 Å². The molecule has 1 aromatic carbocycles. The molecule has 12 heteroatoms. The Morgan fingerprint density at radius 2 is 0.975 bits per heavy atom. The highest BCUT2D eigenvalue weighted by atomic mass is 35.5. The molecule has 1 unspecified atom stereocenters. The zero-order valence-electron chi connectivity index (χ0n) is 26.1. The standard InChI is InChI=1S/C28H45B3ClNO7/c1-23(2)24(3,4)36-29(35-23)20(17-33-22(34)18-13-15-19(32)16-14-18)21(30-37-25(5,6)26(7,8)38-30)31-39-27(9,10)28(11,12)40-31/h13-16,20-21H,17H2,1-12H3,(H,33,34). The summed E-state index contributed by atoms with van der Waals surface area (Å²) in [6, 6.07) is 6.78. The topological polar surface area (TPSA) is 84.5 Å². The molecule has 1 N–H and O–H groups in total. The highest BCUT2D eigenvalue weighted by molar-refractivity contribution is 6.71. The first-order valence-electron chi connectivity index (χ1n) is 14.2. The van der Waals surface area contributed by atoms with Crippen LogP contribution in [0.15, 0.2) is 24.3 Å². The average Bonchev–Trinajstić information content (AvgIpc) is 3.24. The van der Waals surface area contributed by atoms with Crippen molar-refractivity contribution < 1.29 is 32.7 Å². The molecule has 3 saturated heterocycles. The minimum absolute atomic E-state index is 0.205. The van der Waals surface area contributed by atoms with Crippen LogP contribution in [0.1, 0.15) is 93.4 Å². The molecule has 40 heavy (non-hydrogen) atoms. The number of carbonyl (C=O) groups excluding carboxylic acids is 1. The molecule has 3 heterocycles. The van der Waals surface area contributed by atoms with Crippen molar-refractivity contribution in [2.24, 2.45) is 0 Å². The Kier molecular flexibility index (Phi) is 8.19. The average molecular weight is 576 g/mol. The number of carbonyl (C=O) groups is 1. The lowest BCUT2D eigenvalue weighted by Gasteiger charge is -2.32. The summed E-state index contributed by atoms with van der Waals surface area (Å²) in [4.78, 5) is 13.2. The Bertz CT molecular complexity index is 1030. The van der Waals surface area contributed by atoms with Crippen LogP contribution in [0, 0.1) is 0 Å². The monoisotopic (exact) mass is 575 g/mol. The molecule has 0 bridgehead atoms. The van der Waals surface area contributed by atoms with E-state index in [-0.39, 0.29) is 12.5 Å². The summed E-state index contributed by atoms with van der Waals surface area (Å²) in [5, 5.41) is 3.66. The molecule has 220 valence electrons. The molecule has 1 amide bonds. The Labute approximate surface area is 246 Å². The van der Waals surface area contributed by atoms with Crippen LogP contribution in [-0.4, -0.2) is 67.4 Å². The lowest BCUT2D eigenvalue weighted by Crippen LogP contribution is -2.49. The summed E-state index contributed by atoms with van der Waals surface area (Å²) in [6.45, 7) is 24.4. The summed E-state index contributed by atoms with van der Waals surface area (Å²) in [6.07, 6.45) is 0. The van der Waals surface area contributed by atoms with E-state index < -0.39 is 66.5 Å². The molecule has 4 rings (SSSR count). The summed E-state index contributed by atoms with van der Waals surface area (Å²) in [7, 11) is -2.12. The van der Waals surface area contributed by atoms with Gasteiger partial charge in [0.15, 0.2) is 0 Å². The molecule has 3 fully saturated rings. The van der Waals surface area contributed by atoms with Crippen molar-refractivity contribution in [3.63, 3.8) is 0 Å². The maximum atomic E-state index is 13.2. The Morgan fingerprint density at radius 1 is 0.650 bits per heavy atom.